The third-order valence-electron chi connectivity index (χ3n) is 3.08. The second kappa shape index (κ2) is 3.82. The summed E-state index contributed by atoms with van der Waals surface area (Å²) in [7, 11) is 0. The summed E-state index contributed by atoms with van der Waals surface area (Å²) >= 11 is 2.48. The quantitative estimate of drug-likeness (QED) is 0.568. The third kappa shape index (κ3) is 2.13. The molecule has 0 atom stereocenters. The fourth-order valence-electron chi connectivity index (χ4n) is 1.92. The molecule has 0 aliphatic heterocycles. The fourth-order valence-corrected chi connectivity index (χ4v) is 2.90. The van der Waals surface area contributed by atoms with Gasteiger partial charge in [-0.2, -0.15) is 0 Å². The van der Waals surface area contributed by atoms with Gasteiger partial charge in [-0.1, -0.05) is 35.4 Å². The fraction of sp³-hybridized carbons (Fsp3) is 1.00. The summed E-state index contributed by atoms with van der Waals surface area (Å²) < 4.78 is 7.25. The highest BCUT2D eigenvalue weighted by atomic mass is 127. The molecule has 0 heterocycles. The molecule has 2 aliphatic carbocycles. The maximum absolute atomic E-state index is 6.06. The van der Waals surface area contributed by atoms with Crippen molar-refractivity contribution in [1.29, 1.82) is 0 Å². The van der Waals surface area contributed by atoms with Gasteiger partial charge in [0.05, 0.1) is 12.2 Å². The van der Waals surface area contributed by atoms with Crippen molar-refractivity contribution >= 4 is 22.6 Å². The van der Waals surface area contributed by atoms with Crippen LogP contribution in [0, 0.1) is 5.92 Å². The van der Waals surface area contributed by atoms with E-state index in [0.29, 0.717) is 5.60 Å². The van der Waals surface area contributed by atoms with Gasteiger partial charge in [-0.3, -0.25) is 0 Å². The smallest absolute Gasteiger partial charge is 0.0771 e. The number of rotatable bonds is 4. The minimum atomic E-state index is 0.295. The number of halogens is 1. The van der Waals surface area contributed by atoms with E-state index in [2.05, 4.69) is 22.6 Å². The van der Waals surface area contributed by atoms with Crippen LogP contribution in [0.25, 0.3) is 0 Å². The highest BCUT2D eigenvalue weighted by Crippen LogP contribution is 2.38. The molecule has 0 bridgehead atoms. The lowest BCUT2D eigenvalue weighted by Gasteiger charge is -2.27. The zero-order valence-electron chi connectivity index (χ0n) is 7.52. The molecule has 1 nitrogen and oxygen atoms in total. The topological polar surface area (TPSA) is 9.23 Å². The lowest BCUT2D eigenvalue weighted by Crippen LogP contribution is -2.31. The normalized spacial score (nSPS) is 27.8. The molecule has 0 aromatic heterocycles. The van der Waals surface area contributed by atoms with Crippen molar-refractivity contribution in [3.63, 3.8) is 0 Å². The van der Waals surface area contributed by atoms with Gasteiger partial charge in [0.15, 0.2) is 0 Å². The van der Waals surface area contributed by atoms with Crippen molar-refractivity contribution in [2.75, 3.05) is 11.0 Å². The summed E-state index contributed by atoms with van der Waals surface area (Å²) in [6.45, 7) is 1.04. The van der Waals surface area contributed by atoms with Crippen LogP contribution in [0.4, 0.5) is 0 Å². The summed E-state index contributed by atoms with van der Waals surface area (Å²) in [4.78, 5) is 0. The molecule has 0 N–H and O–H groups in total. The maximum atomic E-state index is 6.06. The molecule has 2 aliphatic rings. The van der Waals surface area contributed by atoms with Gasteiger partial charge in [-0.05, 0) is 31.6 Å². The first-order chi connectivity index (χ1) is 5.85. The minimum Gasteiger partial charge on any atom is -0.374 e. The van der Waals surface area contributed by atoms with E-state index in [-0.39, 0.29) is 0 Å². The van der Waals surface area contributed by atoms with E-state index < -0.39 is 0 Å². The van der Waals surface area contributed by atoms with Crippen molar-refractivity contribution < 1.29 is 4.74 Å². The highest BCUT2D eigenvalue weighted by Gasteiger charge is 2.35. The van der Waals surface area contributed by atoms with E-state index in [0.717, 1.165) is 12.5 Å². The Bertz CT molecular complexity index is 148. The molecule has 12 heavy (non-hydrogen) atoms. The van der Waals surface area contributed by atoms with E-state index in [4.69, 9.17) is 4.74 Å². The van der Waals surface area contributed by atoms with Gasteiger partial charge >= 0.3 is 0 Å². The first-order valence-corrected chi connectivity index (χ1v) is 6.57. The average molecular weight is 280 g/mol. The van der Waals surface area contributed by atoms with E-state index in [9.17, 15) is 0 Å². The molecule has 0 aromatic carbocycles. The molecule has 0 spiro atoms. The molecule has 2 rings (SSSR count). The Morgan fingerprint density at radius 2 is 1.92 bits per heavy atom. The predicted molar refractivity (Wildman–Crippen MR) is 58.8 cm³/mol. The maximum Gasteiger partial charge on any atom is 0.0771 e. The number of hydrogen-bond acceptors (Lipinski definition) is 1. The Labute approximate surface area is 88.4 Å². The van der Waals surface area contributed by atoms with Crippen LogP contribution >= 0.6 is 22.6 Å². The molecular weight excluding hydrogens is 263 g/mol. The van der Waals surface area contributed by atoms with Gasteiger partial charge in [0.2, 0.25) is 0 Å². The van der Waals surface area contributed by atoms with Gasteiger partial charge < -0.3 is 4.74 Å². The average Bonchev–Trinajstić information content (AvgIpc) is 2.82. The Balaban J connectivity index is 1.79. The van der Waals surface area contributed by atoms with Crippen molar-refractivity contribution in [2.24, 2.45) is 5.92 Å². The molecule has 2 fully saturated rings. The second-order valence-electron chi connectivity index (χ2n) is 4.28. The van der Waals surface area contributed by atoms with Crippen LogP contribution in [0.15, 0.2) is 0 Å². The van der Waals surface area contributed by atoms with Crippen LogP contribution in [0.3, 0.4) is 0 Å². The van der Waals surface area contributed by atoms with Crippen LogP contribution in [0.1, 0.15) is 38.5 Å². The third-order valence-corrected chi connectivity index (χ3v) is 4.47. The monoisotopic (exact) mass is 280 g/mol. The Kier molecular flexibility index (Phi) is 2.95. The predicted octanol–water partition coefficient (Wildman–Crippen LogP) is 3.16. The Hall–Kier alpha value is 0.690. The lowest BCUT2D eigenvalue weighted by atomic mass is 10.1. The van der Waals surface area contributed by atoms with Crippen LogP contribution < -0.4 is 0 Å². The highest BCUT2D eigenvalue weighted by molar-refractivity contribution is 14.1. The zero-order chi connectivity index (χ0) is 8.44. The van der Waals surface area contributed by atoms with Crippen molar-refractivity contribution in [3.8, 4) is 0 Å². The van der Waals surface area contributed by atoms with Crippen molar-refractivity contribution in [1.82, 2.24) is 0 Å². The zero-order valence-corrected chi connectivity index (χ0v) is 9.68. The molecule has 70 valence electrons. The molecular formula is C10H17IO. The van der Waals surface area contributed by atoms with Crippen LogP contribution in [0.5, 0.6) is 0 Å². The van der Waals surface area contributed by atoms with Gasteiger partial charge in [0.25, 0.3) is 0 Å². The van der Waals surface area contributed by atoms with E-state index >= 15 is 0 Å². The standard InChI is InChI=1S/C10H17IO/c11-8-10(5-1-2-6-10)12-7-9-3-4-9/h9H,1-8H2. The molecule has 0 saturated heterocycles. The lowest BCUT2D eigenvalue weighted by molar-refractivity contribution is -0.0256. The molecule has 2 heteroatoms. The van der Waals surface area contributed by atoms with Gasteiger partial charge in [-0.15, -0.1) is 0 Å². The first-order valence-electron chi connectivity index (χ1n) is 5.05. The summed E-state index contributed by atoms with van der Waals surface area (Å²) in [5, 5.41) is 0. The largest absolute Gasteiger partial charge is 0.374 e. The molecule has 0 amide bonds. The number of ether oxygens (including phenoxy) is 1. The van der Waals surface area contributed by atoms with Gasteiger partial charge in [0, 0.05) is 4.43 Å². The van der Waals surface area contributed by atoms with E-state index in [1.165, 1.54) is 43.0 Å². The molecule has 0 radical (unpaired) electrons. The van der Waals surface area contributed by atoms with E-state index in [1.54, 1.807) is 0 Å². The van der Waals surface area contributed by atoms with Crippen molar-refractivity contribution in [2.45, 2.75) is 44.1 Å². The van der Waals surface area contributed by atoms with Gasteiger partial charge in [0.1, 0.15) is 0 Å². The Morgan fingerprint density at radius 1 is 1.25 bits per heavy atom. The molecule has 0 aromatic rings. The summed E-state index contributed by atoms with van der Waals surface area (Å²) in [5.41, 5.74) is 0.295. The summed E-state index contributed by atoms with van der Waals surface area (Å²) in [6, 6.07) is 0. The van der Waals surface area contributed by atoms with Crippen LogP contribution in [-0.4, -0.2) is 16.6 Å². The SMILES string of the molecule is ICC1(OCC2CC2)CCCC1. The number of alkyl halides is 1. The number of hydrogen-bond donors (Lipinski definition) is 0. The van der Waals surface area contributed by atoms with Crippen LogP contribution in [-0.2, 0) is 4.74 Å². The van der Waals surface area contributed by atoms with E-state index in [1.807, 2.05) is 0 Å². The van der Waals surface area contributed by atoms with Crippen LogP contribution in [0.2, 0.25) is 0 Å². The second-order valence-corrected chi connectivity index (χ2v) is 5.04. The molecule has 0 unspecified atom stereocenters. The summed E-state index contributed by atoms with van der Waals surface area (Å²) in [5.74, 6) is 0.922. The molecule has 2 saturated carbocycles. The Morgan fingerprint density at radius 3 is 2.42 bits per heavy atom. The minimum absolute atomic E-state index is 0.295. The summed E-state index contributed by atoms with van der Waals surface area (Å²) in [6.07, 6.45) is 8.21. The first kappa shape index (κ1) is 9.25. The van der Waals surface area contributed by atoms with Gasteiger partial charge in [-0.25, -0.2) is 0 Å². The van der Waals surface area contributed by atoms with Crippen molar-refractivity contribution in [3.05, 3.63) is 0 Å².